The van der Waals surface area contributed by atoms with Crippen molar-refractivity contribution in [3.8, 4) is 0 Å². The summed E-state index contributed by atoms with van der Waals surface area (Å²) in [7, 11) is -3.92. The number of carbonyl (C=O) groups is 2. The minimum Gasteiger partial charge on any atom is -0.464 e. The Kier molecular flexibility index (Phi) is 8.46. The van der Waals surface area contributed by atoms with Gasteiger partial charge in [-0.25, -0.2) is 9.59 Å². The molecule has 134 valence electrons. The predicted molar refractivity (Wildman–Crippen MR) is 89.9 cm³/mol. The molecule has 0 fully saturated rings. The first-order valence-electron chi connectivity index (χ1n) is 7.64. The summed E-state index contributed by atoms with van der Waals surface area (Å²) < 4.78 is 28.0. The Balaban J connectivity index is 2.94. The number of para-hydroxylation sites is 1. The van der Waals surface area contributed by atoms with Crippen molar-refractivity contribution < 1.29 is 27.9 Å². The van der Waals surface area contributed by atoms with E-state index in [2.05, 4.69) is 10.6 Å². The SMILES string of the molecule is CCOC(=O)[C@H](NC(=O)Nc1ccccc1)P(=O)(OCC)OCC. The number of carbonyl (C=O) groups excluding carboxylic acids is 2. The number of hydrogen-bond acceptors (Lipinski definition) is 6. The number of nitrogens with one attached hydrogen (secondary N) is 2. The fourth-order valence-corrected chi connectivity index (χ4v) is 3.55. The molecule has 0 bridgehead atoms. The second kappa shape index (κ2) is 10.1. The summed E-state index contributed by atoms with van der Waals surface area (Å²) in [6, 6.07) is 7.89. The van der Waals surface area contributed by atoms with Gasteiger partial charge in [-0.05, 0) is 32.9 Å². The summed E-state index contributed by atoms with van der Waals surface area (Å²) in [5.41, 5.74) is 0.514. The minimum absolute atomic E-state index is 0.0508. The molecule has 1 aromatic rings. The van der Waals surface area contributed by atoms with E-state index in [0.717, 1.165) is 0 Å². The molecule has 1 atom stereocenters. The lowest BCUT2D eigenvalue weighted by atomic mass is 10.3. The molecule has 0 radical (unpaired) electrons. The van der Waals surface area contributed by atoms with Crippen LogP contribution >= 0.6 is 7.60 Å². The van der Waals surface area contributed by atoms with Crippen LogP contribution in [0.3, 0.4) is 0 Å². The summed E-state index contributed by atoms with van der Waals surface area (Å²) in [4.78, 5) is 24.3. The smallest absolute Gasteiger partial charge is 0.364 e. The molecule has 0 aliphatic carbocycles. The van der Waals surface area contributed by atoms with Crippen LogP contribution in [0.15, 0.2) is 30.3 Å². The van der Waals surface area contributed by atoms with E-state index in [-0.39, 0.29) is 19.8 Å². The van der Waals surface area contributed by atoms with Gasteiger partial charge in [0.15, 0.2) is 0 Å². The number of ether oxygens (including phenoxy) is 1. The molecular weight excluding hydrogens is 335 g/mol. The van der Waals surface area contributed by atoms with Crippen molar-refractivity contribution >= 4 is 25.3 Å². The zero-order valence-corrected chi connectivity index (χ0v) is 14.9. The molecule has 1 rings (SSSR count). The maximum atomic E-state index is 12.8. The van der Waals surface area contributed by atoms with E-state index in [9.17, 15) is 14.2 Å². The third-order valence-corrected chi connectivity index (χ3v) is 4.95. The number of esters is 1. The highest BCUT2D eigenvalue weighted by molar-refractivity contribution is 7.55. The summed E-state index contributed by atoms with van der Waals surface area (Å²) in [5, 5.41) is 4.86. The van der Waals surface area contributed by atoms with Gasteiger partial charge in [-0.15, -0.1) is 0 Å². The highest BCUT2D eigenvalue weighted by Crippen LogP contribution is 2.52. The molecule has 0 spiro atoms. The topological polar surface area (TPSA) is 103 Å². The van der Waals surface area contributed by atoms with Gasteiger partial charge in [-0.2, -0.15) is 0 Å². The van der Waals surface area contributed by atoms with Crippen LogP contribution in [0, 0.1) is 0 Å². The first-order chi connectivity index (χ1) is 11.5. The van der Waals surface area contributed by atoms with Crippen LogP contribution in [0.5, 0.6) is 0 Å². The largest absolute Gasteiger partial charge is 0.464 e. The highest BCUT2D eigenvalue weighted by Gasteiger charge is 2.43. The van der Waals surface area contributed by atoms with E-state index in [4.69, 9.17) is 13.8 Å². The molecule has 0 saturated carbocycles. The lowest BCUT2D eigenvalue weighted by Crippen LogP contribution is -2.44. The molecule has 24 heavy (non-hydrogen) atoms. The second-order valence-electron chi connectivity index (χ2n) is 4.49. The maximum absolute atomic E-state index is 12.8. The Hall–Kier alpha value is -1.89. The lowest BCUT2D eigenvalue weighted by molar-refractivity contribution is -0.143. The number of rotatable bonds is 9. The quantitative estimate of drug-likeness (QED) is 0.520. The van der Waals surface area contributed by atoms with E-state index < -0.39 is 25.4 Å². The number of urea groups is 1. The van der Waals surface area contributed by atoms with Gasteiger partial charge in [-0.3, -0.25) is 4.57 Å². The fourth-order valence-electron chi connectivity index (χ4n) is 1.85. The van der Waals surface area contributed by atoms with Gasteiger partial charge in [0.2, 0.25) is 5.78 Å². The van der Waals surface area contributed by atoms with Gasteiger partial charge >= 0.3 is 19.6 Å². The summed E-state index contributed by atoms with van der Waals surface area (Å²) in [6.45, 7) is 4.99. The predicted octanol–water partition coefficient (Wildman–Crippen LogP) is 2.96. The molecule has 0 unspecified atom stereocenters. The Morgan fingerprint density at radius 1 is 1.04 bits per heavy atom. The van der Waals surface area contributed by atoms with Crippen LogP contribution in [0.25, 0.3) is 0 Å². The van der Waals surface area contributed by atoms with Crippen molar-refractivity contribution in [1.29, 1.82) is 0 Å². The van der Waals surface area contributed by atoms with E-state index in [0.29, 0.717) is 5.69 Å². The maximum Gasteiger partial charge on any atom is 0.364 e. The molecule has 0 heterocycles. The zero-order valence-electron chi connectivity index (χ0n) is 14.0. The molecule has 8 nitrogen and oxygen atoms in total. The second-order valence-corrected chi connectivity index (χ2v) is 6.61. The van der Waals surface area contributed by atoms with Crippen molar-refractivity contribution in [3.05, 3.63) is 30.3 Å². The zero-order chi connectivity index (χ0) is 18.0. The molecule has 1 aromatic carbocycles. The van der Waals surface area contributed by atoms with E-state index in [1.165, 1.54) is 0 Å². The Morgan fingerprint density at radius 3 is 2.12 bits per heavy atom. The van der Waals surface area contributed by atoms with Gasteiger partial charge in [0.05, 0.1) is 19.8 Å². The lowest BCUT2D eigenvalue weighted by Gasteiger charge is -2.25. The van der Waals surface area contributed by atoms with Crippen LogP contribution in [-0.2, 0) is 23.1 Å². The van der Waals surface area contributed by atoms with Crippen molar-refractivity contribution in [2.75, 3.05) is 25.1 Å². The van der Waals surface area contributed by atoms with Crippen molar-refractivity contribution in [3.63, 3.8) is 0 Å². The first kappa shape index (κ1) is 20.2. The fraction of sp³-hybridized carbons (Fsp3) is 0.467. The summed E-state index contributed by atoms with van der Waals surface area (Å²) in [6.07, 6.45) is 0. The van der Waals surface area contributed by atoms with Crippen LogP contribution in [0.2, 0.25) is 0 Å². The molecule has 9 heteroatoms. The van der Waals surface area contributed by atoms with E-state index >= 15 is 0 Å². The van der Waals surface area contributed by atoms with E-state index in [1.807, 2.05) is 0 Å². The third kappa shape index (κ3) is 5.96. The molecule has 0 saturated heterocycles. The molecule has 2 amide bonds. The molecular formula is C15H23N2O6P. The average molecular weight is 358 g/mol. The van der Waals surface area contributed by atoms with Crippen molar-refractivity contribution in [1.82, 2.24) is 5.32 Å². The van der Waals surface area contributed by atoms with E-state index in [1.54, 1.807) is 51.1 Å². The molecule has 0 aromatic heterocycles. The highest BCUT2D eigenvalue weighted by atomic mass is 31.2. The summed E-state index contributed by atoms with van der Waals surface area (Å²) >= 11 is 0. The molecule has 2 N–H and O–H groups in total. The number of amides is 2. The standard InChI is InChI=1S/C15H23N2O6P/c1-4-21-14(18)13(24(20,22-5-2)23-6-3)17-15(19)16-12-10-8-7-9-11-12/h7-11,13H,4-6H2,1-3H3,(H2,16,17,19)/t13-/m1/s1. The third-order valence-electron chi connectivity index (χ3n) is 2.74. The number of anilines is 1. The number of benzene rings is 1. The Bertz CT molecular complexity index is 571. The molecule has 0 aliphatic heterocycles. The van der Waals surface area contributed by atoms with Crippen molar-refractivity contribution in [2.24, 2.45) is 0 Å². The van der Waals surface area contributed by atoms with Gasteiger partial charge in [0, 0.05) is 5.69 Å². The van der Waals surface area contributed by atoms with Crippen LogP contribution in [0.1, 0.15) is 20.8 Å². The Labute approximate surface area is 141 Å². The minimum atomic E-state index is -3.92. The van der Waals surface area contributed by atoms with Gasteiger partial charge in [0.1, 0.15) is 0 Å². The average Bonchev–Trinajstić information content (AvgIpc) is 2.54. The Morgan fingerprint density at radius 2 is 1.62 bits per heavy atom. The van der Waals surface area contributed by atoms with Crippen LogP contribution < -0.4 is 10.6 Å². The summed E-state index contributed by atoms with van der Waals surface area (Å²) in [5.74, 6) is -2.44. The monoisotopic (exact) mass is 358 g/mol. The molecule has 0 aliphatic rings. The van der Waals surface area contributed by atoms with Gasteiger partial charge in [0.25, 0.3) is 0 Å². The van der Waals surface area contributed by atoms with Gasteiger partial charge in [-0.1, -0.05) is 18.2 Å². The first-order valence-corrected chi connectivity index (χ1v) is 9.26. The normalized spacial score (nSPS) is 12.3. The van der Waals surface area contributed by atoms with Crippen LogP contribution in [-0.4, -0.2) is 37.6 Å². The van der Waals surface area contributed by atoms with Gasteiger partial charge < -0.3 is 24.4 Å². The van der Waals surface area contributed by atoms with Crippen molar-refractivity contribution in [2.45, 2.75) is 26.6 Å². The van der Waals surface area contributed by atoms with Crippen LogP contribution in [0.4, 0.5) is 10.5 Å². The number of hydrogen-bond donors (Lipinski definition) is 2.